The summed E-state index contributed by atoms with van der Waals surface area (Å²) in [6.45, 7) is 0. The van der Waals surface area contributed by atoms with Crippen molar-refractivity contribution in [3.8, 4) is 5.75 Å². The van der Waals surface area contributed by atoms with Gasteiger partial charge < -0.3 is 10.1 Å². The second kappa shape index (κ2) is 6.50. The molecular weight excluding hydrogens is 332 g/mol. The first-order valence-electron chi connectivity index (χ1n) is 6.83. The van der Waals surface area contributed by atoms with E-state index >= 15 is 0 Å². The lowest BCUT2D eigenvalue weighted by Crippen LogP contribution is -2.19. The fourth-order valence-electron chi connectivity index (χ4n) is 2.13. The molecule has 0 aliphatic rings. The molecule has 9 heteroatoms. The van der Waals surface area contributed by atoms with E-state index in [1.807, 2.05) is 12.1 Å². The van der Waals surface area contributed by atoms with E-state index in [0.29, 0.717) is 16.4 Å². The zero-order valence-corrected chi connectivity index (χ0v) is 13.3. The summed E-state index contributed by atoms with van der Waals surface area (Å²) in [6.07, 6.45) is 0. The monoisotopic (exact) mass is 344 g/mol. The third kappa shape index (κ3) is 3.10. The van der Waals surface area contributed by atoms with Gasteiger partial charge in [-0.15, -0.1) is 0 Å². The summed E-state index contributed by atoms with van der Waals surface area (Å²) < 4.78 is 6.08. The Bertz CT molecular complexity index is 925. The van der Waals surface area contributed by atoms with Crippen LogP contribution in [0.1, 0.15) is 0 Å². The first-order valence-corrected chi connectivity index (χ1v) is 7.65. The van der Waals surface area contributed by atoms with Gasteiger partial charge in [-0.3, -0.25) is 15.4 Å². The molecule has 2 amide bonds. The van der Waals surface area contributed by atoms with Crippen molar-refractivity contribution in [3.05, 3.63) is 52.6 Å². The van der Waals surface area contributed by atoms with Crippen molar-refractivity contribution in [1.29, 1.82) is 0 Å². The van der Waals surface area contributed by atoms with E-state index in [4.69, 9.17) is 4.74 Å². The number of urea groups is 1. The molecule has 1 heterocycles. The molecule has 8 nitrogen and oxygen atoms in total. The molecule has 3 aromatic rings. The van der Waals surface area contributed by atoms with Crippen molar-refractivity contribution in [2.24, 2.45) is 0 Å². The number of benzene rings is 2. The molecule has 0 spiro atoms. The number of nitro groups is 1. The number of carbonyl (C=O) groups is 1. The maximum Gasteiger partial charge on any atom is 0.325 e. The maximum atomic E-state index is 12.1. The summed E-state index contributed by atoms with van der Waals surface area (Å²) >= 11 is 1.28. The van der Waals surface area contributed by atoms with Crippen molar-refractivity contribution in [2.45, 2.75) is 0 Å². The standard InChI is InChI=1S/C15H12N4O4S/c1-23-11-7-4-8-12-13(11)17-15(24-12)18-14(20)16-9-5-2-3-6-10(9)19(21)22/h2-8H,1H3,(H2,16,17,18,20). The van der Waals surface area contributed by atoms with Crippen LogP contribution in [0.3, 0.4) is 0 Å². The Morgan fingerprint density at radius 1 is 1.21 bits per heavy atom. The van der Waals surface area contributed by atoms with Gasteiger partial charge in [-0.05, 0) is 18.2 Å². The molecule has 1 aromatic heterocycles. The van der Waals surface area contributed by atoms with Crippen LogP contribution in [0.25, 0.3) is 10.2 Å². The first kappa shape index (κ1) is 15.7. The van der Waals surface area contributed by atoms with E-state index in [-0.39, 0.29) is 11.4 Å². The lowest BCUT2D eigenvalue weighted by molar-refractivity contribution is -0.383. The minimum Gasteiger partial charge on any atom is -0.494 e. The number of nitrogens with one attached hydrogen (secondary N) is 2. The SMILES string of the molecule is COc1cccc2sc(NC(=O)Nc3ccccc3[N+](=O)[O-])nc12. The van der Waals surface area contributed by atoms with Gasteiger partial charge in [0.2, 0.25) is 0 Å². The quantitative estimate of drug-likeness (QED) is 0.552. The number of nitro benzene ring substituents is 1. The molecule has 2 aromatic carbocycles. The number of hydrogen-bond acceptors (Lipinski definition) is 6. The second-order valence-electron chi connectivity index (χ2n) is 4.68. The van der Waals surface area contributed by atoms with Crippen molar-refractivity contribution in [1.82, 2.24) is 4.98 Å². The zero-order valence-electron chi connectivity index (χ0n) is 12.5. The van der Waals surface area contributed by atoms with Gasteiger partial charge >= 0.3 is 6.03 Å². The summed E-state index contributed by atoms with van der Waals surface area (Å²) in [5.74, 6) is 0.607. The number of methoxy groups -OCH3 is 1. The smallest absolute Gasteiger partial charge is 0.325 e. The number of amides is 2. The molecule has 122 valence electrons. The van der Waals surface area contributed by atoms with Gasteiger partial charge in [0.15, 0.2) is 5.13 Å². The number of anilines is 2. The van der Waals surface area contributed by atoms with Crippen LogP contribution < -0.4 is 15.4 Å². The number of fused-ring (bicyclic) bond motifs is 1. The van der Waals surface area contributed by atoms with Crippen molar-refractivity contribution in [2.75, 3.05) is 17.7 Å². The number of para-hydroxylation sites is 3. The number of ether oxygens (including phenoxy) is 1. The van der Waals surface area contributed by atoms with E-state index in [2.05, 4.69) is 15.6 Å². The summed E-state index contributed by atoms with van der Waals surface area (Å²) in [7, 11) is 1.54. The number of aromatic nitrogens is 1. The molecule has 2 N–H and O–H groups in total. The number of carbonyl (C=O) groups excluding carboxylic acids is 1. The third-order valence-electron chi connectivity index (χ3n) is 3.17. The van der Waals surface area contributed by atoms with Crippen molar-refractivity contribution < 1.29 is 14.5 Å². The molecule has 0 aliphatic heterocycles. The number of hydrogen-bond donors (Lipinski definition) is 2. The predicted octanol–water partition coefficient (Wildman–Crippen LogP) is 3.86. The largest absolute Gasteiger partial charge is 0.494 e. The fraction of sp³-hybridized carbons (Fsp3) is 0.0667. The molecule has 24 heavy (non-hydrogen) atoms. The molecule has 0 fully saturated rings. The predicted molar refractivity (Wildman–Crippen MR) is 91.9 cm³/mol. The van der Waals surface area contributed by atoms with Crippen molar-refractivity contribution in [3.63, 3.8) is 0 Å². The highest BCUT2D eigenvalue weighted by atomic mass is 32.1. The highest BCUT2D eigenvalue weighted by Crippen LogP contribution is 2.32. The van der Waals surface area contributed by atoms with E-state index in [1.165, 1.54) is 29.5 Å². The first-order chi connectivity index (χ1) is 11.6. The highest BCUT2D eigenvalue weighted by molar-refractivity contribution is 7.22. The topological polar surface area (TPSA) is 106 Å². The Balaban J connectivity index is 1.80. The van der Waals surface area contributed by atoms with Gasteiger partial charge in [-0.1, -0.05) is 29.5 Å². The van der Waals surface area contributed by atoms with Crippen LogP contribution in [0.4, 0.5) is 21.3 Å². The Hall–Kier alpha value is -3.20. The second-order valence-corrected chi connectivity index (χ2v) is 5.71. The normalized spacial score (nSPS) is 10.4. The summed E-state index contributed by atoms with van der Waals surface area (Å²) in [5.41, 5.74) is 0.573. The number of rotatable bonds is 4. The molecule has 0 atom stereocenters. The third-order valence-corrected chi connectivity index (χ3v) is 4.11. The van der Waals surface area contributed by atoms with Gasteiger partial charge in [-0.25, -0.2) is 9.78 Å². The molecule has 0 saturated carbocycles. The van der Waals surface area contributed by atoms with Crippen LogP contribution in [-0.2, 0) is 0 Å². The van der Waals surface area contributed by atoms with Crippen LogP contribution in [0.15, 0.2) is 42.5 Å². The Kier molecular flexibility index (Phi) is 4.25. The average molecular weight is 344 g/mol. The molecule has 0 saturated heterocycles. The van der Waals surface area contributed by atoms with E-state index in [0.717, 1.165) is 4.70 Å². The number of thiazole rings is 1. The molecule has 3 rings (SSSR count). The van der Waals surface area contributed by atoms with Gasteiger partial charge in [0, 0.05) is 6.07 Å². The lowest BCUT2D eigenvalue weighted by Gasteiger charge is -2.05. The summed E-state index contributed by atoms with van der Waals surface area (Å²) in [5, 5.41) is 16.4. The summed E-state index contributed by atoms with van der Waals surface area (Å²) in [4.78, 5) is 26.8. The highest BCUT2D eigenvalue weighted by Gasteiger charge is 2.16. The molecular formula is C15H12N4O4S. The molecule has 0 aliphatic carbocycles. The average Bonchev–Trinajstić information content (AvgIpc) is 2.97. The van der Waals surface area contributed by atoms with Crippen LogP contribution in [-0.4, -0.2) is 23.0 Å². The molecule has 0 unspecified atom stereocenters. The summed E-state index contributed by atoms with van der Waals surface area (Å²) in [6, 6.07) is 10.8. The number of nitrogens with zero attached hydrogens (tertiary/aromatic N) is 2. The zero-order chi connectivity index (χ0) is 17.1. The van der Waals surface area contributed by atoms with E-state index in [1.54, 1.807) is 19.2 Å². The molecule has 0 radical (unpaired) electrons. The fourth-order valence-corrected chi connectivity index (χ4v) is 3.01. The minimum absolute atomic E-state index is 0.110. The van der Waals surface area contributed by atoms with E-state index < -0.39 is 11.0 Å². The van der Waals surface area contributed by atoms with Crippen LogP contribution in [0.5, 0.6) is 5.75 Å². The Morgan fingerprint density at radius 2 is 2.00 bits per heavy atom. The van der Waals surface area contributed by atoms with Gasteiger partial charge in [0.25, 0.3) is 5.69 Å². The van der Waals surface area contributed by atoms with Gasteiger partial charge in [-0.2, -0.15) is 0 Å². The van der Waals surface area contributed by atoms with Crippen LogP contribution >= 0.6 is 11.3 Å². The Morgan fingerprint density at radius 3 is 2.75 bits per heavy atom. The molecule has 0 bridgehead atoms. The minimum atomic E-state index is -0.609. The van der Waals surface area contributed by atoms with Crippen LogP contribution in [0, 0.1) is 10.1 Å². The maximum absolute atomic E-state index is 12.1. The lowest BCUT2D eigenvalue weighted by atomic mass is 10.3. The van der Waals surface area contributed by atoms with Crippen LogP contribution in [0.2, 0.25) is 0 Å². The van der Waals surface area contributed by atoms with Gasteiger partial charge in [0.05, 0.1) is 16.7 Å². The van der Waals surface area contributed by atoms with Gasteiger partial charge in [0.1, 0.15) is 17.0 Å². The van der Waals surface area contributed by atoms with E-state index in [9.17, 15) is 14.9 Å². The Labute approximate surface area is 140 Å². The van der Waals surface area contributed by atoms with Crippen molar-refractivity contribution >= 4 is 44.1 Å².